The van der Waals surface area contributed by atoms with Crippen molar-refractivity contribution < 1.29 is 4.39 Å². The summed E-state index contributed by atoms with van der Waals surface area (Å²) in [5.74, 6) is -0.207. The predicted octanol–water partition coefficient (Wildman–Crippen LogP) is 4.71. The Labute approximate surface area is 121 Å². The van der Waals surface area contributed by atoms with E-state index in [1.165, 1.54) is 17.2 Å². The van der Waals surface area contributed by atoms with Crippen molar-refractivity contribution in [1.82, 2.24) is 0 Å². The standard InChI is InChI=1S/C17H16FNS/c1-10-3-5-14(11(2)7-10)17(19)16-9-12-8-13(18)4-6-15(12)20-16/h3-9,17H,19H2,1-2H3. The van der Waals surface area contributed by atoms with Crippen LogP contribution in [0.4, 0.5) is 4.39 Å². The number of halogens is 1. The maximum atomic E-state index is 13.3. The number of hydrogen-bond donors (Lipinski definition) is 1. The maximum Gasteiger partial charge on any atom is 0.123 e. The zero-order chi connectivity index (χ0) is 14.3. The average Bonchev–Trinajstić information content (AvgIpc) is 2.81. The summed E-state index contributed by atoms with van der Waals surface area (Å²) in [6.07, 6.45) is 0. The van der Waals surface area contributed by atoms with E-state index in [1.807, 2.05) is 12.1 Å². The molecule has 3 rings (SSSR count). The average molecular weight is 285 g/mol. The molecule has 102 valence electrons. The van der Waals surface area contributed by atoms with E-state index in [2.05, 4.69) is 32.0 Å². The topological polar surface area (TPSA) is 26.0 Å². The molecule has 0 spiro atoms. The quantitative estimate of drug-likeness (QED) is 0.725. The van der Waals surface area contributed by atoms with Crippen LogP contribution < -0.4 is 5.73 Å². The van der Waals surface area contributed by atoms with E-state index in [0.717, 1.165) is 20.5 Å². The van der Waals surface area contributed by atoms with E-state index in [-0.39, 0.29) is 11.9 Å². The monoisotopic (exact) mass is 285 g/mol. The van der Waals surface area contributed by atoms with E-state index < -0.39 is 0 Å². The molecule has 0 aliphatic heterocycles. The maximum absolute atomic E-state index is 13.3. The highest BCUT2D eigenvalue weighted by Crippen LogP contribution is 2.33. The van der Waals surface area contributed by atoms with Crippen molar-refractivity contribution in [1.29, 1.82) is 0 Å². The van der Waals surface area contributed by atoms with Gasteiger partial charge in [0, 0.05) is 9.58 Å². The molecule has 1 unspecified atom stereocenters. The first kappa shape index (κ1) is 13.3. The first-order valence-corrected chi connectivity index (χ1v) is 7.38. The lowest BCUT2D eigenvalue weighted by molar-refractivity contribution is 0.630. The molecule has 0 bridgehead atoms. The van der Waals surface area contributed by atoms with Gasteiger partial charge in [-0.2, -0.15) is 0 Å². The first-order chi connectivity index (χ1) is 9.54. The van der Waals surface area contributed by atoms with Gasteiger partial charge in [-0.25, -0.2) is 4.39 Å². The second-order valence-corrected chi connectivity index (χ2v) is 6.28. The van der Waals surface area contributed by atoms with Gasteiger partial charge < -0.3 is 5.73 Å². The summed E-state index contributed by atoms with van der Waals surface area (Å²) >= 11 is 1.63. The van der Waals surface area contributed by atoms with Crippen molar-refractivity contribution in [3.05, 3.63) is 69.8 Å². The van der Waals surface area contributed by atoms with Gasteiger partial charge in [0.15, 0.2) is 0 Å². The molecule has 0 aliphatic rings. The number of fused-ring (bicyclic) bond motifs is 1. The predicted molar refractivity (Wildman–Crippen MR) is 83.7 cm³/mol. The number of nitrogens with two attached hydrogens (primary N) is 1. The third-order valence-corrected chi connectivity index (χ3v) is 4.76. The summed E-state index contributed by atoms with van der Waals surface area (Å²) in [5, 5.41) is 0.921. The molecule has 2 aromatic carbocycles. The Morgan fingerprint density at radius 2 is 1.85 bits per heavy atom. The van der Waals surface area contributed by atoms with Gasteiger partial charge in [0.2, 0.25) is 0 Å². The summed E-state index contributed by atoms with van der Waals surface area (Å²) in [5.41, 5.74) is 9.94. The number of hydrogen-bond acceptors (Lipinski definition) is 2. The van der Waals surface area contributed by atoms with Crippen LogP contribution in [-0.4, -0.2) is 0 Å². The van der Waals surface area contributed by atoms with Crippen molar-refractivity contribution in [2.45, 2.75) is 19.9 Å². The molecule has 0 radical (unpaired) electrons. The van der Waals surface area contributed by atoms with Crippen molar-refractivity contribution in [3.63, 3.8) is 0 Å². The molecule has 20 heavy (non-hydrogen) atoms. The molecule has 0 fully saturated rings. The fourth-order valence-corrected chi connectivity index (χ4v) is 3.58. The van der Waals surface area contributed by atoms with Crippen molar-refractivity contribution >= 4 is 21.4 Å². The highest BCUT2D eigenvalue weighted by atomic mass is 32.1. The van der Waals surface area contributed by atoms with Crippen LogP contribution in [0.15, 0.2) is 42.5 Å². The summed E-state index contributed by atoms with van der Waals surface area (Å²) in [6.45, 7) is 4.15. The molecule has 1 aromatic heterocycles. The Morgan fingerprint density at radius 3 is 2.60 bits per heavy atom. The lowest BCUT2D eigenvalue weighted by atomic mass is 9.98. The van der Waals surface area contributed by atoms with E-state index in [4.69, 9.17) is 5.73 Å². The number of thiophene rings is 1. The molecule has 0 saturated carbocycles. The summed E-state index contributed by atoms with van der Waals surface area (Å²) in [6, 6.07) is 13.0. The minimum absolute atomic E-state index is 0.156. The molecule has 0 aliphatic carbocycles. The van der Waals surface area contributed by atoms with Crippen LogP contribution in [0.25, 0.3) is 10.1 Å². The molecule has 0 saturated heterocycles. The molecule has 1 atom stereocenters. The Morgan fingerprint density at radius 1 is 1.05 bits per heavy atom. The van der Waals surface area contributed by atoms with Crippen molar-refractivity contribution in [2.24, 2.45) is 5.73 Å². The third kappa shape index (κ3) is 2.35. The van der Waals surface area contributed by atoms with Gasteiger partial charge in [0.05, 0.1) is 6.04 Å². The summed E-state index contributed by atoms with van der Waals surface area (Å²) < 4.78 is 14.3. The number of rotatable bonds is 2. The van der Waals surface area contributed by atoms with Gasteiger partial charge in [0.1, 0.15) is 5.82 Å². The van der Waals surface area contributed by atoms with Gasteiger partial charge >= 0.3 is 0 Å². The highest BCUT2D eigenvalue weighted by molar-refractivity contribution is 7.19. The molecule has 1 nitrogen and oxygen atoms in total. The van der Waals surface area contributed by atoms with Crippen LogP contribution in [-0.2, 0) is 0 Å². The van der Waals surface area contributed by atoms with Crippen molar-refractivity contribution in [3.8, 4) is 0 Å². The first-order valence-electron chi connectivity index (χ1n) is 6.56. The van der Waals surface area contributed by atoms with Gasteiger partial charge in [-0.1, -0.05) is 23.8 Å². The molecular formula is C17H16FNS. The fraction of sp³-hybridized carbons (Fsp3) is 0.176. The lowest BCUT2D eigenvalue weighted by Gasteiger charge is -2.13. The van der Waals surface area contributed by atoms with E-state index >= 15 is 0 Å². The molecule has 1 heterocycles. The van der Waals surface area contributed by atoms with Gasteiger partial charge in [0.25, 0.3) is 0 Å². The molecule has 0 amide bonds. The largest absolute Gasteiger partial charge is 0.320 e. The lowest BCUT2D eigenvalue weighted by Crippen LogP contribution is -2.11. The van der Waals surface area contributed by atoms with Crippen LogP contribution in [0, 0.1) is 19.7 Å². The number of benzene rings is 2. The summed E-state index contributed by atoms with van der Waals surface area (Å²) in [4.78, 5) is 1.07. The Balaban J connectivity index is 2.05. The van der Waals surface area contributed by atoms with Crippen LogP contribution in [0.1, 0.15) is 27.6 Å². The molecule has 2 N–H and O–H groups in total. The van der Waals surface area contributed by atoms with Gasteiger partial charge in [-0.05, 0) is 54.6 Å². The van der Waals surface area contributed by atoms with Crippen LogP contribution in [0.5, 0.6) is 0 Å². The minimum Gasteiger partial charge on any atom is -0.320 e. The zero-order valence-corrected chi connectivity index (χ0v) is 12.3. The Hall–Kier alpha value is -1.71. The number of aryl methyl sites for hydroxylation is 2. The summed E-state index contributed by atoms with van der Waals surface area (Å²) in [7, 11) is 0. The van der Waals surface area contributed by atoms with Crippen molar-refractivity contribution in [2.75, 3.05) is 0 Å². The highest BCUT2D eigenvalue weighted by Gasteiger charge is 2.14. The SMILES string of the molecule is Cc1ccc(C(N)c2cc3cc(F)ccc3s2)c(C)c1. The van der Waals surface area contributed by atoms with Gasteiger partial charge in [-0.3, -0.25) is 0 Å². The second-order valence-electron chi connectivity index (χ2n) is 5.17. The molecular weight excluding hydrogens is 269 g/mol. The van der Waals surface area contributed by atoms with E-state index in [0.29, 0.717) is 0 Å². The smallest absolute Gasteiger partial charge is 0.123 e. The van der Waals surface area contributed by atoms with Gasteiger partial charge in [-0.15, -0.1) is 11.3 Å². The Bertz CT molecular complexity index is 776. The molecule has 3 aromatic rings. The fourth-order valence-electron chi connectivity index (χ4n) is 2.52. The zero-order valence-electron chi connectivity index (χ0n) is 11.5. The van der Waals surface area contributed by atoms with E-state index in [1.54, 1.807) is 17.4 Å². The van der Waals surface area contributed by atoms with Crippen LogP contribution in [0.2, 0.25) is 0 Å². The van der Waals surface area contributed by atoms with Crippen LogP contribution >= 0.6 is 11.3 Å². The normalized spacial score (nSPS) is 12.8. The van der Waals surface area contributed by atoms with Crippen LogP contribution in [0.3, 0.4) is 0 Å². The minimum atomic E-state index is -0.207. The Kier molecular flexibility index (Phi) is 3.32. The molecule has 3 heteroatoms. The van der Waals surface area contributed by atoms with E-state index in [9.17, 15) is 4.39 Å². The second kappa shape index (κ2) is 5.00. The third-order valence-electron chi connectivity index (χ3n) is 3.56.